The maximum absolute atomic E-state index is 13.2. The molecule has 1 aromatic carbocycles. The zero-order chi connectivity index (χ0) is 21.3. The molecule has 0 spiro atoms. The van der Waals surface area contributed by atoms with Gasteiger partial charge >= 0.3 is 0 Å². The molecule has 1 amide bonds. The molecule has 0 radical (unpaired) electrons. The summed E-state index contributed by atoms with van der Waals surface area (Å²) in [4.78, 5) is 19.8. The maximum Gasteiger partial charge on any atom is 0.255 e. The van der Waals surface area contributed by atoms with Crippen LogP contribution in [-0.2, 0) is 17.7 Å². The number of hydrogen-bond donors (Lipinski definition) is 1. The van der Waals surface area contributed by atoms with Crippen LogP contribution in [0.1, 0.15) is 45.4 Å². The highest BCUT2D eigenvalue weighted by Gasteiger charge is 2.21. The first-order valence-corrected chi connectivity index (χ1v) is 10.7. The first-order valence-electron chi connectivity index (χ1n) is 10.7. The molecule has 158 valence electrons. The SMILES string of the molecule is CCc1cccc(C)c1CNc1cc(C(=O)N2CCOCC2)cn2c(C)c(C)nc12. The smallest absolute Gasteiger partial charge is 0.255 e. The van der Waals surface area contributed by atoms with Crippen LogP contribution in [0.5, 0.6) is 0 Å². The van der Waals surface area contributed by atoms with E-state index in [4.69, 9.17) is 9.72 Å². The predicted octanol–water partition coefficient (Wildman–Crippen LogP) is 3.91. The van der Waals surface area contributed by atoms with E-state index in [-0.39, 0.29) is 5.91 Å². The average molecular weight is 407 g/mol. The Morgan fingerprint density at radius 1 is 1.20 bits per heavy atom. The summed E-state index contributed by atoms with van der Waals surface area (Å²) in [6, 6.07) is 8.39. The molecule has 30 heavy (non-hydrogen) atoms. The third-order valence-electron chi connectivity index (χ3n) is 6.08. The molecule has 6 nitrogen and oxygen atoms in total. The maximum atomic E-state index is 13.2. The second-order valence-corrected chi connectivity index (χ2v) is 7.94. The summed E-state index contributed by atoms with van der Waals surface area (Å²) in [5.74, 6) is 0.0409. The van der Waals surface area contributed by atoms with Gasteiger partial charge in [-0.05, 0) is 49.9 Å². The Bertz CT molecular complexity index is 1080. The number of ether oxygens (including phenoxy) is 1. The number of nitrogens with one attached hydrogen (secondary N) is 1. The van der Waals surface area contributed by atoms with E-state index >= 15 is 0 Å². The second-order valence-electron chi connectivity index (χ2n) is 7.94. The normalized spacial score (nSPS) is 14.3. The van der Waals surface area contributed by atoms with E-state index in [1.165, 1.54) is 16.7 Å². The lowest BCUT2D eigenvalue weighted by atomic mass is 10.00. The number of imidazole rings is 1. The molecule has 6 heteroatoms. The minimum absolute atomic E-state index is 0.0409. The summed E-state index contributed by atoms with van der Waals surface area (Å²) in [5, 5.41) is 3.58. The standard InChI is InChI=1S/C24H30N4O2/c1-5-19-8-6-7-16(2)21(19)14-25-22-13-20(24(29)27-9-11-30-12-10-27)15-28-18(4)17(3)26-23(22)28/h6-8,13,15,25H,5,9-12,14H2,1-4H3. The van der Waals surface area contributed by atoms with Crippen LogP contribution in [0.15, 0.2) is 30.5 Å². The van der Waals surface area contributed by atoms with Crippen LogP contribution >= 0.6 is 0 Å². The fourth-order valence-electron chi connectivity index (χ4n) is 4.10. The van der Waals surface area contributed by atoms with Crippen LogP contribution in [0.4, 0.5) is 5.69 Å². The van der Waals surface area contributed by atoms with Crippen LogP contribution in [0.25, 0.3) is 5.65 Å². The van der Waals surface area contributed by atoms with Crippen LogP contribution in [0.2, 0.25) is 0 Å². The molecule has 3 heterocycles. The largest absolute Gasteiger partial charge is 0.378 e. The van der Waals surface area contributed by atoms with Gasteiger partial charge in [-0.2, -0.15) is 0 Å². The summed E-state index contributed by atoms with van der Waals surface area (Å²) in [6.45, 7) is 11.5. The van der Waals surface area contributed by atoms with E-state index in [1.54, 1.807) is 0 Å². The van der Waals surface area contributed by atoms with Gasteiger partial charge in [0.1, 0.15) is 0 Å². The van der Waals surface area contributed by atoms with Crippen molar-refractivity contribution in [2.45, 2.75) is 40.7 Å². The van der Waals surface area contributed by atoms with Gasteiger partial charge in [0.2, 0.25) is 0 Å². The molecule has 0 atom stereocenters. The number of anilines is 1. The minimum atomic E-state index is 0.0409. The van der Waals surface area contributed by atoms with Gasteiger partial charge in [0, 0.05) is 31.5 Å². The molecule has 0 saturated carbocycles. The van der Waals surface area contributed by atoms with Crippen molar-refractivity contribution in [3.8, 4) is 0 Å². The van der Waals surface area contributed by atoms with Gasteiger partial charge in [-0.25, -0.2) is 4.98 Å². The topological polar surface area (TPSA) is 58.9 Å². The van der Waals surface area contributed by atoms with Crippen LogP contribution in [0.3, 0.4) is 0 Å². The van der Waals surface area contributed by atoms with Crippen molar-refractivity contribution in [2.75, 3.05) is 31.6 Å². The summed E-state index contributed by atoms with van der Waals surface area (Å²) in [6.07, 6.45) is 2.91. The summed E-state index contributed by atoms with van der Waals surface area (Å²) >= 11 is 0. The first kappa shape index (κ1) is 20.4. The lowest BCUT2D eigenvalue weighted by molar-refractivity contribution is 0.0302. The Morgan fingerprint density at radius 3 is 2.70 bits per heavy atom. The van der Waals surface area contributed by atoms with E-state index in [2.05, 4.69) is 37.4 Å². The van der Waals surface area contributed by atoms with Crippen molar-refractivity contribution in [1.29, 1.82) is 0 Å². The molecular formula is C24H30N4O2. The number of aryl methyl sites for hydroxylation is 4. The Hall–Kier alpha value is -2.86. The van der Waals surface area contributed by atoms with Gasteiger partial charge in [-0.1, -0.05) is 25.1 Å². The van der Waals surface area contributed by atoms with Crippen LogP contribution in [-0.4, -0.2) is 46.5 Å². The van der Waals surface area contributed by atoms with E-state index in [0.29, 0.717) is 38.4 Å². The molecule has 1 N–H and O–H groups in total. The summed E-state index contributed by atoms with van der Waals surface area (Å²) in [5.41, 5.74) is 8.36. The summed E-state index contributed by atoms with van der Waals surface area (Å²) in [7, 11) is 0. The highest BCUT2D eigenvalue weighted by Crippen LogP contribution is 2.25. The third kappa shape index (κ3) is 3.79. The van der Waals surface area contributed by atoms with E-state index in [9.17, 15) is 4.79 Å². The molecule has 0 aliphatic carbocycles. The van der Waals surface area contributed by atoms with Gasteiger partial charge in [0.15, 0.2) is 5.65 Å². The first-order chi connectivity index (χ1) is 14.5. The molecule has 1 aliphatic heterocycles. The molecule has 1 saturated heterocycles. The van der Waals surface area contributed by atoms with Crippen molar-refractivity contribution < 1.29 is 9.53 Å². The Labute approximate surface area is 177 Å². The van der Waals surface area contributed by atoms with E-state index < -0.39 is 0 Å². The fourth-order valence-corrected chi connectivity index (χ4v) is 4.10. The van der Waals surface area contributed by atoms with Crippen molar-refractivity contribution in [2.24, 2.45) is 0 Å². The highest BCUT2D eigenvalue weighted by atomic mass is 16.5. The Balaban J connectivity index is 1.71. The second kappa shape index (κ2) is 8.48. The number of benzene rings is 1. The van der Waals surface area contributed by atoms with Gasteiger partial charge in [-0.3, -0.25) is 4.79 Å². The Morgan fingerprint density at radius 2 is 1.97 bits per heavy atom. The lowest BCUT2D eigenvalue weighted by Crippen LogP contribution is -2.40. The molecule has 0 unspecified atom stereocenters. The quantitative estimate of drug-likeness (QED) is 0.698. The van der Waals surface area contributed by atoms with Gasteiger partial charge < -0.3 is 19.4 Å². The molecule has 0 bridgehead atoms. The molecular weight excluding hydrogens is 376 g/mol. The van der Waals surface area contributed by atoms with Crippen molar-refractivity contribution in [1.82, 2.24) is 14.3 Å². The zero-order valence-electron chi connectivity index (χ0n) is 18.3. The predicted molar refractivity (Wildman–Crippen MR) is 119 cm³/mol. The number of rotatable bonds is 5. The number of carbonyl (C=O) groups is 1. The molecule has 1 aliphatic rings. The number of amides is 1. The number of hydrogen-bond acceptors (Lipinski definition) is 4. The van der Waals surface area contributed by atoms with Gasteiger partial charge in [0.05, 0.1) is 30.2 Å². The minimum Gasteiger partial charge on any atom is -0.378 e. The molecule has 1 fully saturated rings. The van der Waals surface area contributed by atoms with Crippen LogP contribution < -0.4 is 5.32 Å². The number of fused-ring (bicyclic) bond motifs is 1. The number of pyridine rings is 1. The van der Waals surface area contributed by atoms with Crippen molar-refractivity contribution in [3.05, 3.63) is 64.1 Å². The molecule has 2 aromatic heterocycles. The number of nitrogens with zero attached hydrogens (tertiary/aromatic N) is 3. The third-order valence-corrected chi connectivity index (χ3v) is 6.08. The number of aromatic nitrogens is 2. The van der Waals surface area contributed by atoms with E-state index in [0.717, 1.165) is 29.1 Å². The molecule has 4 rings (SSSR count). The van der Waals surface area contributed by atoms with Crippen LogP contribution in [0, 0.1) is 20.8 Å². The highest BCUT2D eigenvalue weighted by molar-refractivity contribution is 5.96. The van der Waals surface area contributed by atoms with Crippen molar-refractivity contribution >= 4 is 17.2 Å². The fraction of sp³-hybridized carbons (Fsp3) is 0.417. The lowest BCUT2D eigenvalue weighted by Gasteiger charge is -2.27. The van der Waals surface area contributed by atoms with Gasteiger partial charge in [-0.15, -0.1) is 0 Å². The Kier molecular flexibility index (Phi) is 5.77. The number of carbonyl (C=O) groups excluding carboxylic acids is 1. The molecule has 3 aromatic rings. The van der Waals surface area contributed by atoms with E-state index in [1.807, 2.05) is 35.4 Å². The average Bonchev–Trinajstić information content (AvgIpc) is 3.06. The zero-order valence-corrected chi connectivity index (χ0v) is 18.3. The van der Waals surface area contributed by atoms with Gasteiger partial charge in [0.25, 0.3) is 5.91 Å². The van der Waals surface area contributed by atoms with Crippen molar-refractivity contribution in [3.63, 3.8) is 0 Å². The monoisotopic (exact) mass is 406 g/mol. The number of morpholine rings is 1. The summed E-state index contributed by atoms with van der Waals surface area (Å²) < 4.78 is 7.43.